The van der Waals surface area contributed by atoms with Gasteiger partial charge in [0.1, 0.15) is 24.2 Å². The molecule has 3 aromatic carbocycles. The van der Waals surface area contributed by atoms with Gasteiger partial charge in [-0.15, -0.1) is 0 Å². The van der Waals surface area contributed by atoms with Crippen LogP contribution in [0.15, 0.2) is 53.7 Å². The van der Waals surface area contributed by atoms with E-state index in [1.54, 1.807) is 12.1 Å². The van der Waals surface area contributed by atoms with Gasteiger partial charge in [0.25, 0.3) is 5.69 Å². The average Bonchev–Trinajstić information content (AvgIpc) is 3.44. The van der Waals surface area contributed by atoms with E-state index < -0.39 is 11.8 Å². The van der Waals surface area contributed by atoms with Gasteiger partial charge in [-0.25, -0.2) is 4.79 Å². The molecule has 10 heteroatoms. The topological polar surface area (TPSA) is 114 Å². The second-order valence-electron chi connectivity index (χ2n) is 10.6. The summed E-state index contributed by atoms with van der Waals surface area (Å²) in [5.74, 6) is -0.501. The number of fused-ring (bicyclic) bond motifs is 3. The van der Waals surface area contributed by atoms with Crippen molar-refractivity contribution in [3.63, 3.8) is 0 Å². The Balaban J connectivity index is 1.58. The lowest BCUT2D eigenvalue weighted by Crippen LogP contribution is -2.25. The summed E-state index contributed by atoms with van der Waals surface area (Å²) in [6, 6.07) is 14.5. The van der Waals surface area contributed by atoms with Gasteiger partial charge < -0.3 is 23.6 Å². The number of nitro groups is 1. The van der Waals surface area contributed by atoms with Gasteiger partial charge in [0.2, 0.25) is 0 Å². The highest BCUT2D eigenvalue weighted by molar-refractivity contribution is 6.19. The molecule has 0 N–H and O–H groups in total. The van der Waals surface area contributed by atoms with Crippen LogP contribution in [0.5, 0.6) is 5.75 Å². The molecule has 0 bridgehead atoms. The van der Waals surface area contributed by atoms with E-state index in [-0.39, 0.29) is 16.7 Å². The van der Waals surface area contributed by atoms with E-state index in [9.17, 15) is 14.9 Å². The fraction of sp³-hybridized carbons (Fsp3) is 0.355. The molecule has 1 aromatic heterocycles. The van der Waals surface area contributed by atoms with Crippen LogP contribution in [0.1, 0.15) is 49.9 Å². The first-order valence-corrected chi connectivity index (χ1v) is 13.5. The highest BCUT2D eigenvalue weighted by atomic mass is 16.7. The number of hydrogen-bond acceptors (Lipinski definition) is 8. The van der Waals surface area contributed by atoms with Crippen molar-refractivity contribution in [2.75, 3.05) is 13.2 Å². The quantitative estimate of drug-likeness (QED) is 0.109. The van der Waals surface area contributed by atoms with Gasteiger partial charge in [-0.3, -0.25) is 10.1 Å². The summed E-state index contributed by atoms with van der Waals surface area (Å²) in [5, 5.41) is 17.5. The van der Waals surface area contributed by atoms with Crippen molar-refractivity contribution in [1.82, 2.24) is 4.57 Å². The van der Waals surface area contributed by atoms with E-state index in [4.69, 9.17) is 19.0 Å². The molecule has 0 spiro atoms. The number of non-ortho nitro benzene ring substituents is 1. The fourth-order valence-electron chi connectivity index (χ4n) is 5.44. The third kappa shape index (κ3) is 5.53. The Labute approximate surface area is 237 Å². The molecule has 0 amide bonds. The number of benzene rings is 3. The van der Waals surface area contributed by atoms with Crippen LogP contribution in [-0.2, 0) is 25.7 Å². The van der Waals surface area contributed by atoms with Gasteiger partial charge in [-0.2, -0.15) is 0 Å². The highest BCUT2D eigenvalue weighted by Crippen LogP contribution is 2.36. The van der Waals surface area contributed by atoms with Crippen molar-refractivity contribution < 1.29 is 28.8 Å². The predicted octanol–water partition coefficient (Wildman–Crippen LogP) is 6.19. The molecular weight excluding hydrogens is 526 g/mol. The first-order valence-electron chi connectivity index (χ1n) is 13.5. The summed E-state index contributed by atoms with van der Waals surface area (Å²) >= 11 is 0. The summed E-state index contributed by atoms with van der Waals surface area (Å²) in [7, 11) is 0. The standard InChI is InChI=1S/C31H33N3O7/c1-7-33-27-12-8-21(34(36)37)15-26(27)29-19(3)25(11-13-28(29)33)30(32-41-20(4)35)24-10-9-22(14-18(24)2)38-16-23-17-39-31(5,6)40-23/h8-15,23H,7,16-17H2,1-6H3/b32-30+. The van der Waals surface area contributed by atoms with Crippen LogP contribution in [0.4, 0.5) is 5.69 Å². The number of nitro benzene ring substituents is 1. The second kappa shape index (κ2) is 10.9. The normalized spacial score (nSPS) is 16.8. The predicted molar refractivity (Wildman–Crippen MR) is 155 cm³/mol. The number of rotatable bonds is 8. The van der Waals surface area contributed by atoms with E-state index in [1.165, 1.54) is 13.0 Å². The largest absolute Gasteiger partial charge is 0.491 e. The van der Waals surface area contributed by atoms with Crippen molar-refractivity contribution in [2.24, 2.45) is 5.16 Å². The minimum atomic E-state index is -0.622. The lowest BCUT2D eigenvalue weighted by Gasteiger charge is -2.18. The van der Waals surface area contributed by atoms with Gasteiger partial charge >= 0.3 is 5.97 Å². The maximum absolute atomic E-state index is 11.8. The maximum atomic E-state index is 11.8. The van der Waals surface area contributed by atoms with Crippen LogP contribution in [0.25, 0.3) is 21.8 Å². The Bertz CT molecular complexity index is 1700. The van der Waals surface area contributed by atoms with E-state index in [0.717, 1.165) is 44.1 Å². The Morgan fingerprint density at radius 2 is 1.85 bits per heavy atom. The van der Waals surface area contributed by atoms with Gasteiger partial charge in [-0.05, 0) is 76.1 Å². The van der Waals surface area contributed by atoms with Crippen molar-refractivity contribution in [3.8, 4) is 5.75 Å². The van der Waals surface area contributed by atoms with Crippen molar-refractivity contribution in [1.29, 1.82) is 0 Å². The van der Waals surface area contributed by atoms with Crippen LogP contribution in [-0.4, -0.2) is 46.3 Å². The second-order valence-corrected chi connectivity index (χ2v) is 10.6. The lowest BCUT2D eigenvalue weighted by molar-refractivity contribution is -0.384. The first kappa shape index (κ1) is 28.3. The van der Waals surface area contributed by atoms with Crippen LogP contribution < -0.4 is 4.74 Å². The molecule has 5 rings (SSSR count). The average molecular weight is 560 g/mol. The van der Waals surface area contributed by atoms with E-state index in [0.29, 0.717) is 31.2 Å². The third-order valence-corrected chi connectivity index (χ3v) is 7.28. The van der Waals surface area contributed by atoms with Crippen molar-refractivity contribution in [2.45, 2.75) is 60.0 Å². The zero-order valence-corrected chi connectivity index (χ0v) is 24.0. The minimum Gasteiger partial charge on any atom is -0.491 e. The van der Waals surface area contributed by atoms with Gasteiger partial charge in [-0.1, -0.05) is 11.2 Å². The molecule has 10 nitrogen and oxygen atoms in total. The first-order chi connectivity index (χ1) is 19.5. The molecule has 1 atom stereocenters. The van der Waals surface area contributed by atoms with Crippen LogP contribution in [0.2, 0.25) is 0 Å². The molecule has 0 radical (unpaired) electrons. The van der Waals surface area contributed by atoms with Gasteiger partial charge in [0, 0.05) is 58.5 Å². The Morgan fingerprint density at radius 1 is 1.12 bits per heavy atom. The van der Waals surface area contributed by atoms with Crippen LogP contribution in [0, 0.1) is 24.0 Å². The molecule has 1 aliphatic heterocycles. The van der Waals surface area contributed by atoms with E-state index in [2.05, 4.69) is 9.72 Å². The number of carbonyl (C=O) groups excluding carboxylic acids is 1. The molecule has 1 unspecified atom stereocenters. The van der Waals surface area contributed by atoms with Gasteiger partial charge in [0.15, 0.2) is 5.79 Å². The van der Waals surface area contributed by atoms with Crippen LogP contribution in [0.3, 0.4) is 0 Å². The summed E-state index contributed by atoms with van der Waals surface area (Å²) in [6.07, 6.45) is -0.165. The summed E-state index contributed by atoms with van der Waals surface area (Å²) in [4.78, 5) is 28.1. The van der Waals surface area contributed by atoms with Crippen molar-refractivity contribution >= 4 is 39.2 Å². The number of oxime groups is 1. The molecule has 1 saturated heterocycles. The molecule has 4 aromatic rings. The number of aromatic nitrogens is 1. The Hall–Kier alpha value is -4.28. The number of nitrogens with zero attached hydrogens (tertiary/aromatic N) is 3. The van der Waals surface area contributed by atoms with Crippen LogP contribution >= 0.6 is 0 Å². The summed E-state index contributed by atoms with van der Waals surface area (Å²) in [5.41, 5.74) is 5.60. The van der Waals surface area contributed by atoms with Gasteiger partial charge in [0.05, 0.1) is 11.5 Å². The maximum Gasteiger partial charge on any atom is 0.332 e. The Kier molecular flexibility index (Phi) is 7.54. The van der Waals surface area contributed by atoms with Crippen molar-refractivity contribution in [3.05, 3.63) is 80.9 Å². The Morgan fingerprint density at radius 3 is 2.49 bits per heavy atom. The number of hydrogen-bond donors (Lipinski definition) is 0. The SMILES string of the molecule is CCn1c2ccc([N+](=O)[O-])cc2c2c(C)c(/C(=N/OC(C)=O)c3ccc(OCC4COC(C)(C)O4)cc3C)ccc21. The number of carbonyl (C=O) groups is 1. The zero-order chi connectivity index (χ0) is 29.5. The molecule has 41 heavy (non-hydrogen) atoms. The van der Waals surface area contributed by atoms with E-state index in [1.807, 2.05) is 65.0 Å². The zero-order valence-electron chi connectivity index (χ0n) is 24.0. The number of aryl methyl sites for hydroxylation is 3. The summed E-state index contributed by atoms with van der Waals surface area (Å²) < 4.78 is 19.6. The molecule has 2 heterocycles. The molecule has 1 aliphatic rings. The smallest absolute Gasteiger partial charge is 0.332 e. The minimum absolute atomic E-state index is 0.0239. The molecule has 0 saturated carbocycles. The highest BCUT2D eigenvalue weighted by Gasteiger charge is 2.33. The number of ether oxygens (including phenoxy) is 3. The van der Waals surface area contributed by atoms with E-state index >= 15 is 0 Å². The molecule has 0 aliphatic carbocycles. The molecule has 1 fully saturated rings. The molecule has 214 valence electrons. The summed E-state index contributed by atoms with van der Waals surface area (Å²) in [6.45, 7) is 12.5. The third-order valence-electron chi connectivity index (χ3n) is 7.28. The lowest BCUT2D eigenvalue weighted by atomic mass is 9.92. The monoisotopic (exact) mass is 559 g/mol. The fourth-order valence-corrected chi connectivity index (χ4v) is 5.44. The molecular formula is C31H33N3O7.